The van der Waals surface area contributed by atoms with Gasteiger partial charge in [-0.2, -0.15) is 0 Å². The molecule has 0 atom stereocenters. The largest absolute Gasteiger partial charge is 0.493 e. The second-order valence-electron chi connectivity index (χ2n) is 6.29. The van der Waals surface area contributed by atoms with Crippen LogP contribution in [0, 0.1) is 6.92 Å². The lowest BCUT2D eigenvalue weighted by Crippen LogP contribution is -2.06. The third-order valence-corrected chi connectivity index (χ3v) is 5.73. The van der Waals surface area contributed by atoms with Crippen molar-refractivity contribution < 1.29 is 9.47 Å². The molecule has 0 aliphatic carbocycles. The van der Waals surface area contributed by atoms with E-state index in [0.717, 1.165) is 31.9 Å². The Morgan fingerprint density at radius 1 is 1.00 bits per heavy atom. The molecular weight excluding hydrogens is 461 g/mol. The molecule has 0 spiro atoms. The molecule has 0 aromatic heterocycles. The van der Waals surface area contributed by atoms with Crippen LogP contribution >= 0.6 is 39.1 Å². The van der Waals surface area contributed by atoms with Crippen LogP contribution in [-0.4, -0.2) is 7.11 Å². The predicted octanol–water partition coefficient (Wildman–Crippen LogP) is 7.26. The first-order valence-corrected chi connectivity index (χ1v) is 10.3. The minimum atomic E-state index is 0.410. The quantitative estimate of drug-likeness (QED) is 0.385. The molecule has 28 heavy (non-hydrogen) atoms. The van der Waals surface area contributed by atoms with Gasteiger partial charge in [0.1, 0.15) is 6.61 Å². The molecule has 0 heterocycles. The van der Waals surface area contributed by atoms with Crippen molar-refractivity contribution in [2.24, 2.45) is 0 Å². The van der Waals surface area contributed by atoms with Crippen molar-refractivity contribution in [3.63, 3.8) is 0 Å². The van der Waals surface area contributed by atoms with Crippen LogP contribution in [-0.2, 0) is 13.2 Å². The first kappa shape index (κ1) is 20.8. The van der Waals surface area contributed by atoms with Crippen molar-refractivity contribution in [2.75, 3.05) is 12.4 Å². The van der Waals surface area contributed by atoms with Gasteiger partial charge in [-0.05, 0) is 54.4 Å². The average molecular weight is 481 g/mol. The lowest BCUT2D eigenvalue weighted by atomic mass is 10.1. The van der Waals surface area contributed by atoms with Crippen molar-refractivity contribution in [1.82, 2.24) is 0 Å². The number of rotatable bonds is 7. The highest BCUT2D eigenvalue weighted by Crippen LogP contribution is 2.37. The van der Waals surface area contributed by atoms with Crippen molar-refractivity contribution in [2.45, 2.75) is 20.1 Å². The van der Waals surface area contributed by atoms with Crippen molar-refractivity contribution >= 4 is 44.8 Å². The van der Waals surface area contributed by atoms with Crippen LogP contribution in [0.3, 0.4) is 0 Å². The predicted molar refractivity (Wildman–Crippen MR) is 120 cm³/mol. The first-order chi connectivity index (χ1) is 13.5. The molecule has 0 unspecified atom stereocenters. The molecule has 0 amide bonds. The summed E-state index contributed by atoms with van der Waals surface area (Å²) in [6.07, 6.45) is 0. The van der Waals surface area contributed by atoms with Crippen LogP contribution in [0.4, 0.5) is 5.69 Å². The van der Waals surface area contributed by atoms with E-state index in [4.69, 9.17) is 32.7 Å². The molecule has 3 nitrogen and oxygen atoms in total. The summed E-state index contributed by atoms with van der Waals surface area (Å²) in [4.78, 5) is 0. The highest BCUT2D eigenvalue weighted by molar-refractivity contribution is 9.10. The van der Waals surface area contributed by atoms with Gasteiger partial charge in [0, 0.05) is 32.3 Å². The molecule has 3 aromatic rings. The Morgan fingerprint density at radius 2 is 1.75 bits per heavy atom. The summed E-state index contributed by atoms with van der Waals surface area (Å²) in [5.74, 6) is 1.37. The van der Waals surface area contributed by atoms with E-state index in [0.29, 0.717) is 29.7 Å². The zero-order valence-electron chi connectivity index (χ0n) is 15.6. The molecule has 0 aliphatic heterocycles. The van der Waals surface area contributed by atoms with E-state index in [1.54, 1.807) is 7.11 Å². The van der Waals surface area contributed by atoms with Gasteiger partial charge in [0.25, 0.3) is 0 Å². The molecule has 1 N–H and O–H groups in total. The number of ether oxygens (including phenoxy) is 2. The smallest absolute Gasteiger partial charge is 0.167 e. The Labute approximate surface area is 183 Å². The monoisotopic (exact) mass is 479 g/mol. The normalized spacial score (nSPS) is 10.6. The molecule has 146 valence electrons. The first-order valence-electron chi connectivity index (χ1n) is 8.70. The van der Waals surface area contributed by atoms with Gasteiger partial charge in [-0.3, -0.25) is 0 Å². The van der Waals surface area contributed by atoms with Crippen LogP contribution in [0.5, 0.6) is 11.5 Å². The zero-order chi connectivity index (χ0) is 20.1. The number of anilines is 1. The van der Waals surface area contributed by atoms with Crippen LogP contribution in [0.1, 0.15) is 16.7 Å². The average Bonchev–Trinajstić information content (AvgIpc) is 2.69. The Kier molecular flexibility index (Phi) is 7.11. The van der Waals surface area contributed by atoms with E-state index in [1.807, 2.05) is 61.5 Å². The van der Waals surface area contributed by atoms with Crippen LogP contribution in [0.25, 0.3) is 0 Å². The maximum Gasteiger partial charge on any atom is 0.167 e. The number of halogens is 3. The van der Waals surface area contributed by atoms with Crippen LogP contribution in [0.2, 0.25) is 10.0 Å². The summed E-state index contributed by atoms with van der Waals surface area (Å²) in [5, 5.41) is 4.83. The fourth-order valence-corrected chi connectivity index (χ4v) is 3.45. The highest BCUT2D eigenvalue weighted by atomic mass is 79.9. The van der Waals surface area contributed by atoms with E-state index in [9.17, 15) is 0 Å². The molecule has 0 aliphatic rings. The Balaban J connectivity index is 1.82. The molecule has 0 radical (unpaired) electrons. The summed E-state index contributed by atoms with van der Waals surface area (Å²) >= 11 is 15.8. The summed E-state index contributed by atoms with van der Waals surface area (Å²) in [6, 6.07) is 17.3. The zero-order valence-corrected chi connectivity index (χ0v) is 18.7. The third kappa shape index (κ3) is 5.13. The van der Waals surface area contributed by atoms with Crippen LogP contribution < -0.4 is 14.8 Å². The molecule has 0 bridgehead atoms. The summed E-state index contributed by atoms with van der Waals surface area (Å²) in [7, 11) is 1.63. The molecular formula is C22H20BrCl2NO2. The van der Waals surface area contributed by atoms with Crippen molar-refractivity contribution in [3.8, 4) is 11.5 Å². The van der Waals surface area contributed by atoms with E-state index in [-0.39, 0.29) is 0 Å². The Hall–Kier alpha value is -1.88. The molecule has 3 aromatic carbocycles. The lowest BCUT2D eigenvalue weighted by Gasteiger charge is -2.18. The molecule has 6 heteroatoms. The van der Waals surface area contributed by atoms with Gasteiger partial charge < -0.3 is 14.8 Å². The van der Waals surface area contributed by atoms with E-state index < -0.39 is 0 Å². The SMILES string of the molecule is COc1ccc(Br)c(CNc2ccc(C)c(Cl)c2)c1OCc1ccc(Cl)cc1. The number of hydrogen-bond donors (Lipinski definition) is 1. The third-order valence-electron chi connectivity index (χ3n) is 4.32. The second-order valence-corrected chi connectivity index (χ2v) is 7.99. The summed E-state index contributed by atoms with van der Waals surface area (Å²) in [5.41, 5.74) is 3.97. The fourth-order valence-electron chi connectivity index (χ4n) is 2.70. The maximum atomic E-state index is 6.23. The number of nitrogens with one attached hydrogen (secondary N) is 1. The van der Waals surface area contributed by atoms with Gasteiger partial charge in [0.15, 0.2) is 11.5 Å². The number of methoxy groups -OCH3 is 1. The van der Waals surface area contributed by atoms with Crippen LogP contribution in [0.15, 0.2) is 59.1 Å². The standard InChI is InChI=1S/C22H20BrCl2NO2/c1-14-3-8-17(11-20(14)25)26-12-18-19(23)9-10-21(27-2)22(18)28-13-15-4-6-16(24)7-5-15/h3-11,26H,12-13H2,1-2H3. The fraction of sp³-hybridized carbons (Fsp3) is 0.182. The topological polar surface area (TPSA) is 30.5 Å². The van der Waals surface area contributed by atoms with Gasteiger partial charge in [-0.1, -0.05) is 57.3 Å². The van der Waals surface area contributed by atoms with Gasteiger partial charge >= 0.3 is 0 Å². The molecule has 0 saturated carbocycles. The molecule has 0 fully saturated rings. The van der Waals surface area contributed by atoms with E-state index in [2.05, 4.69) is 21.2 Å². The number of hydrogen-bond acceptors (Lipinski definition) is 3. The molecule has 0 saturated heterocycles. The van der Waals surface area contributed by atoms with Crippen molar-refractivity contribution in [3.05, 3.63) is 85.8 Å². The van der Waals surface area contributed by atoms with Crippen molar-refractivity contribution in [1.29, 1.82) is 0 Å². The maximum absolute atomic E-state index is 6.23. The van der Waals surface area contributed by atoms with E-state index >= 15 is 0 Å². The van der Waals surface area contributed by atoms with Gasteiger partial charge in [0.05, 0.1) is 7.11 Å². The van der Waals surface area contributed by atoms with Gasteiger partial charge in [0.2, 0.25) is 0 Å². The number of benzene rings is 3. The Morgan fingerprint density at radius 3 is 2.43 bits per heavy atom. The van der Waals surface area contributed by atoms with Gasteiger partial charge in [-0.25, -0.2) is 0 Å². The van der Waals surface area contributed by atoms with Gasteiger partial charge in [-0.15, -0.1) is 0 Å². The second kappa shape index (κ2) is 9.55. The summed E-state index contributed by atoms with van der Waals surface area (Å²) in [6.45, 7) is 2.94. The number of aryl methyl sites for hydroxylation is 1. The lowest BCUT2D eigenvalue weighted by molar-refractivity contribution is 0.281. The van der Waals surface area contributed by atoms with E-state index in [1.165, 1.54) is 0 Å². The minimum absolute atomic E-state index is 0.410. The Bertz CT molecular complexity index is 961. The summed E-state index contributed by atoms with van der Waals surface area (Å²) < 4.78 is 12.6. The minimum Gasteiger partial charge on any atom is -0.493 e. The molecule has 3 rings (SSSR count). The highest BCUT2D eigenvalue weighted by Gasteiger charge is 2.15.